The van der Waals surface area contributed by atoms with Gasteiger partial charge in [-0.2, -0.15) is 0 Å². The van der Waals surface area contributed by atoms with Gasteiger partial charge in [0.25, 0.3) is 0 Å². The number of hydrogen-bond acceptors (Lipinski definition) is 4. The minimum absolute atomic E-state index is 0.0767. The van der Waals surface area contributed by atoms with E-state index in [9.17, 15) is 14.7 Å². The number of carbonyl (C=O) groups excluding carboxylic acids is 2. The van der Waals surface area contributed by atoms with Gasteiger partial charge in [-0.3, -0.25) is 4.79 Å². The summed E-state index contributed by atoms with van der Waals surface area (Å²) in [4.78, 5) is 24.3. The van der Waals surface area contributed by atoms with E-state index in [4.69, 9.17) is 16.3 Å². The summed E-state index contributed by atoms with van der Waals surface area (Å²) < 4.78 is 5.04. The third kappa shape index (κ3) is 2.88. The Morgan fingerprint density at radius 2 is 2.00 bits per heavy atom. The Morgan fingerprint density at radius 3 is 2.55 bits per heavy atom. The second kappa shape index (κ2) is 6.53. The van der Waals surface area contributed by atoms with Crippen molar-refractivity contribution < 1.29 is 19.4 Å². The predicted molar refractivity (Wildman–Crippen MR) is 81.3 cm³/mol. The molecule has 2 atom stereocenters. The molecule has 0 unspecified atom stereocenters. The number of ether oxygens (including phenoxy) is 1. The predicted octanol–water partition coefficient (Wildman–Crippen LogP) is 2.46. The lowest BCUT2D eigenvalue weighted by atomic mass is 9.64. The van der Waals surface area contributed by atoms with Crippen LogP contribution in [0.5, 0.6) is 0 Å². The van der Waals surface area contributed by atoms with Crippen LogP contribution in [0.1, 0.15) is 38.2 Å². The minimum atomic E-state index is -1.69. The maximum absolute atomic E-state index is 12.4. The van der Waals surface area contributed by atoms with Gasteiger partial charge in [0.15, 0.2) is 0 Å². The fraction of sp³-hybridized carbons (Fsp3) is 0.412. The molecule has 0 fully saturated rings. The van der Waals surface area contributed by atoms with Crippen LogP contribution in [0.4, 0.5) is 0 Å². The number of allylic oxidation sites excluding steroid dienone is 2. The molecule has 0 heterocycles. The molecule has 0 aromatic heterocycles. The second-order valence-corrected chi connectivity index (χ2v) is 5.98. The van der Waals surface area contributed by atoms with Gasteiger partial charge in [0.1, 0.15) is 5.41 Å². The maximum atomic E-state index is 12.4. The molecular formula is C17H18ClO4-. The van der Waals surface area contributed by atoms with Crippen LogP contribution < -0.4 is 5.11 Å². The van der Waals surface area contributed by atoms with Gasteiger partial charge >= 0.3 is 5.97 Å². The molecule has 2 rings (SSSR count). The number of carboxylic acids is 1. The average molecular weight is 322 g/mol. The zero-order valence-corrected chi connectivity index (χ0v) is 13.4. The van der Waals surface area contributed by atoms with Crippen molar-refractivity contribution in [3.8, 4) is 0 Å². The number of aliphatic carboxylic acids is 1. The Balaban J connectivity index is 2.54. The number of carboxylic acid groups (broad SMARTS) is 1. The highest BCUT2D eigenvalue weighted by Gasteiger charge is 2.50. The van der Waals surface area contributed by atoms with Crippen molar-refractivity contribution in [2.75, 3.05) is 6.61 Å². The summed E-state index contributed by atoms with van der Waals surface area (Å²) in [5, 5.41) is 12.4. The first kappa shape index (κ1) is 16.6. The minimum Gasteiger partial charge on any atom is -0.549 e. The summed E-state index contributed by atoms with van der Waals surface area (Å²) in [5.74, 6) is -2.66. The van der Waals surface area contributed by atoms with E-state index in [1.165, 1.54) is 0 Å². The van der Waals surface area contributed by atoms with E-state index in [1.807, 2.05) is 6.92 Å². The first-order valence-electron chi connectivity index (χ1n) is 7.21. The lowest BCUT2D eigenvalue weighted by molar-refractivity contribution is -0.319. The van der Waals surface area contributed by atoms with Gasteiger partial charge in [0.05, 0.1) is 12.6 Å². The first-order valence-corrected chi connectivity index (χ1v) is 7.59. The Hall–Kier alpha value is -1.81. The number of hydrogen-bond donors (Lipinski definition) is 0. The molecule has 1 aliphatic rings. The van der Waals surface area contributed by atoms with Crippen LogP contribution in [0.2, 0.25) is 5.02 Å². The molecule has 0 radical (unpaired) electrons. The van der Waals surface area contributed by atoms with Crippen LogP contribution in [0.25, 0.3) is 0 Å². The highest BCUT2D eigenvalue weighted by atomic mass is 35.5. The molecule has 22 heavy (non-hydrogen) atoms. The molecule has 0 saturated carbocycles. The van der Waals surface area contributed by atoms with Gasteiger partial charge in [-0.1, -0.05) is 35.4 Å². The van der Waals surface area contributed by atoms with Crippen LogP contribution in [0.15, 0.2) is 35.9 Å². The van der Waals surface area contributed by atoms with Gasteiger partial charge in [-0.05, 0) is 44.4 Å². The van der Waals surface area contributed by atoms with Gasteiger partial charge < -0.3 is 14.6 Å². The smallest absolute Gasteiger partial charge is 0.318 e. The zero-order valence-electron chi connectivity index (χ0n) is 12.6. The van der Waals surface area contributed by atoms with E-state index in [0.29, 0.717) is 11.4 Å². The topological polar surface area (TPSA) is 66.4 Å². The van der Waals surface area contributed by atoms with Crippen molar-refractivity contribution in [3.05, 3.63) is 46.5 Å². The normalized spacial score (nSPS) is 24.5. The van der Waals surface area contributed by atoms with Crippen molar-refractivity contribution >= 4 is 23.5 Å². The van der Waals surface area contributed by atoms with Crippen molar-refractivity contribution in [2.45, 2.75) is 32.6 Å². The Bertz CT molecular complexity index is 606. The summed E-state index contributed by atoms with van der Waals surface area (Å²) >= 11 is 5.89. The fourth-order valence-electron chi connectivity index (χ4n) is 2.95. The Kier molecular flexibility index (Phi) is 4.91. The number of rotatable bonds is 4. The van der Waals surface area contributed by atoms with E-state index in [1.54, 1.807) is 37.3 Å². The molecule has 1 aromatic rings. The van der Waals surface area contributed by atoms with Crippen LogP contribution >= 0.6 is 11.6 Å². The first-order chi connectivity index (χ1) is 10.4. The maximum Gasteiger partial charge on any atom is 0.318 e. The standard InChI is InChI=1S/C17H19ClO4/c1-3-22-16(21)17(15(19)20)9-8-11(2)10-14(17)12-4-6-13(18)7-5-12/h4-8,14H,3,9-10H2,1-2H3,(H,19,20)/p-1/t14-,17+/m1/s1. The molecule has 0 N–H and O–H groups in total. The van der Waals surface area contributed by atoms with E-state index < -0.39 is 23.3 Å². The summed E-state index contributed by atoms with van der Waals surface area (Å²) in [6.45, 7) is 3.71. The van der Waals surface area contributed by atoms with E-state index in [2.05, 4.69) is 0 Å². The molecule has 0 spiro atoms. The van der Waals surface area contributed by atoms with Crippen molar-refractivity contribution in [1.29, 1.82) is 0 Å². The quantitative estimate of drug-likeness (QED) is 0.485. The molecule has 5 heteroatoms. The highest BCUT2D eigenvalue weighted by Crippen LogP contribution is 2.47. The lowest BCUT2D eigenvalue weighted by Crippen LogP contribution is -2.53. The zero-order chi connectivity index (χ0) is 16.3. The van der Waals surface area contributed by atoms with Crippen LogP contribution in [0.3, 0.4) is 0 Å². The third-order valence-corrected chi connectivity index (χ3v) is 4.42. The Labute approximate surface area is 134 Å². The van der Waals surface area contributed by atoms with E-state index in [0.717, 1.165) is 11.1 Å². The number of halogens is 1. The van der Waals surface area contributed by atoms with Crippen LogP contribution in [0, 0.1) is 5.41 Å². The molecule has 0 amide bonds. The summed E-state index contributed by atoms with van der Waals surface area (Å²) in [6, 6.07) is 6.89. The molecule has 4 nitrogen and oxygen atoms in total. The molecule has 1 aliphatic carbocycles. The van der Waals surface area contributed by atoms with Gasteiger partial charge in [0.2, 0.25) is 0 Å². The largest absolute Gasteiger partial charge is 0.549 e. The number of esters is 1. The van der Waals surface area contributed by atoms with Crippen molar-refractivity contribution in [3.63, 3.8) is 0 Å². The summed E-state index contributed by atoms with van der Waals surface area (Å²) in [6.07, 6.45) is 2.32. The molecular weight excluding hydrogens is 304 g/mol. The van der Waals surface area contributed by atoms with Gasteiger partial charge in [0, 0.05) is 10.9 Å². The molecule has 118 valence electrons. The monoisotopic (exact) mass is 321 g/mol. The van der Waals surface area contributed by atoms with Gasteiger partial charge in [-0.25, -0.2) is 0 Å². The fourth-order valence-corrected chi connectivity index (χ4v) is 3.07. The highest BCUT2D eigenvalue weighted by molar-refractivity contribution is 6.30. The molecule has 0 aliphatic heterocycles. The van der Waals surface area contributed by atoms with Crippen molar-refractivity contribution in [2.24, 2.45) is 5.41 Å². The van der Waals surface area contributed by atoms with E-state index in [-0.39, 0.29) is 13.0 Å². The number of benzene rings is 1. The summed E-state index contributed by atoms with van der Waals surface area (Å²) in [5.41, 5.74) is 0.0961. The van der Waals surface area contributed by atoms with Crippen LogP contribution in [-0.4, -0.2) is 18.5 Å². The number of carbonyl (C=O) groups is 2. The van der Waals surface area contributed by atoms with Gasteiger partial charge in [-0.15, -0.1) is 0 Å². The lowest BCUT2D eigenvalue weighted by Gasteiger charge is -2.42. The van der Waals surface area contributed by atoms with Crippen LogP contribution in [-0.2, 0) is 14.3 Å². The Morgan fingerprint density at radius 1 is 1.36 bits per heavy atom. The second-order valence-electron chi connectivity index (χ2n) is 5.54. The third-order valence-electron chi connectivity index (χ3n) is 4.17. The summed E-state index contributed by atoms with van der Waals surface area (Å²) in [7, 11) is 0. The molecule has 0 bridgehead atoms. The van der Waals surface area contributed by atoms with Crippen molar-refractivity contribution in [1.82, 2.24) is 0 Å². The average Bonchev–Trinajstić information content (AvgIpc) is 2.48. The van der Waals surface area contributed by atoms with E-state index >= 15 is 0 Å². The molecule has 1 aromatic carbocycles. The molecule has 0 saturated heterocycles. The SMILES string of the molecule is CCOC(=O)[C@@]1(C(=O)[O-])CC=C(C)C[C@@H]1c1ccc(Cl)cc1.